The van der Waals surface area contributed by atoms with Crippen molar-refractivity contribution in [2.75, 3.05) is 0 Å². The van der Waals surface area contributed by atoms with Crippen LogP contribution in [0.15, 0.2) is 60.8 Å². The Morgan fingerprint density at radius 1 is 1.05 bits per heavy atom. The van der Waals surface area contributed by atoms with E-state index in [-0.39, 0.29) is 30.6 Å². The Morgan fingerprint density at radius 3 is 2.37 bits per heavy atom. The molecule has 3 aromatic carbocycles. The molecule has 1 aromatic heterocycles. The zero-order chi connectivity index (χ0) is 30.8. The van der Waals surface area contributed by atoms with E-state index in [1.165, 1.54) is 6.07 Å². The SMILES string of the molecule is N#Cc1ccc(-c2ccc(C[C@H](NC(=O)c3c(F)cc(C(=O)NC4CC(=O)C4)cc3F)C(=O)O)c3cccnc23)c(Cl)c1. The van der Waals surface area contributed by atoms with Crippen LogP contribution >= 0.6 is 11.6 Å². The molecule has 0 aliphatic heterocycles. The molecule has 4 aromatic rings. The smallest absolute Gasteiger partial charge is 0.326 e. The number of carbonyl (C=O) groups excluding carboxylic acids is 3. The molecule has 3 N–H and O–H groups in total. The third-order valence-corrected chi connectivity index (χ3v) is 7.40. The van der Waals surface area contributed by atoms with Gasteiger partial charge in [-0.3, -0.25) is 19.4 Å². The lowest BCUT2D eigenvalue weighted by molar-refractivity contribution is -0.139. The van der Waals surface area contributed by atoms with Crippen LogP contribution in [0.25, 0.3) is 22.0 Å². The number of aliphatic carboxylic acids is 1. The van der Waals surface area contributed by atoms with E-state index < -0.39 is 47.1 Å². The monoisotopic (exact) mass is 602 g/mol. The number of rotatable bonds is 8. The lowest BCUT2D eigenvalue weighted by Crippen LogP contribution is -2.44. The molecule has 216 valence electrons. The van der Waals surface area contributed by atoms with E-state index >= 15 is 0 Å². The molecule has 12 heteroatoms. The third-order valence-electron chi connectivity index (χ3n) is 7.09. The first-order valence-corrected chi connectivity index (χ1v) is 13.4. The minimum absolute atomic E-state index is 0.0430. The number of benzene rings is 3. The summed E-state index contributed by atoms with van der Waals surface area (Å²) in [6, 6.07) is 12.8. The minimum atomic E-state index is -1.59. The predicted octanol–water partition coefficient (Wildman–Crippen LogP) is 4.59. The van der Waals surface area contributed by atoms with Gasteiger partial charge in [-0.05, 0) is 35.9 Å². The van der Waals surface area contributed by atoms with Crippen LogP contribution in [0, 0.1) is 23.0 Å². The number of hydrogen-bond donors (Lipinski definition) is 3. The van der Waals surface area contributed by atoms with Crippen LogP contribution in [-0.4, -0.2) is 45.7 Å². The summed E-state index contributed by atoms with van der Waals surface area (Å²) in [6.45, 7) is 0. The minimum Gasteiger partial charge on any atom is -0.480 e. The van der Waals surface area contributed by atoms with Gasteiger partial charge in [-0.1, -0.05) is 35.9 Å². The molecule has 0 unspecified atom stereocenters. The number of carbonyl (C=O) groups is 4. The number of carboxylic acids is 1. The summed E-state index contributed by atoms with van der Waals surface area (Å²) in [5.74, 6) is -6.32. The number of halogens is 3. The summed E-state index contributed by atoms with van der Waals surface area (Å²) in [7, 11) is 0. The van der Waals surface area contributed by atoms with Crippen molar-refractivity contribution in [1.82, 2.24) is 15.6 Å². The van der Waals surface area contributed by atoms with E-state index in [1.807, 2.05) is 6.07 Å². The van der Waals surface area contributed by atoms with Crippen molar-refractivity contribution in [3.8, 4) is 17.2 Å². The number of nitriles is 1. The van der Waals surface area contributed by atoms with Gasteiger partial charge in [0.1, 0.15) is 29.0 Å². The highest BCUT2D eigenvalue weighted by Crippen LogP contribution is 2.35. The first-order chi connectivity index (χ1) is 20.5. The number of nitrogens with one attached hydrogen (secondary N) is 2. The molecule has 9 nitrogen and oxygen atoms in total. The Morgan fingerprint density at radius 2 is 1.74 bits per heavy atom. The number of Topliss-reactive ketones (excluding diaryl/α,β-unsaturated/α-hetero) is 1. The highest BCUT2D eigenvalue weighted by Gasteiger charge is 2.30. The molecule has 0 bridgehead atoms. The second kappa shape index (κ2) is 12.0. The fourth-order valence-electron chi connectivity index (χ4n) is 4.86. The Balaban J connectivity index is 1.39. The van der Waals surface area contributed by atoms with Gasteiger partial charge in [-0.25, -0.2) is 13.6 Å². The molecule has 43 heavy (non-hydrogen) atoms. The van der Waals surface area contributed by atoms with Gasteiger partial charge < -0.3 is 15.7 Å². The maximum absolute atomic E-state index is 14.9. The van der Waals surface area contributed by atoms with Crippen molar-refractivity contribution in [1.29, 1.82) is 5.26 Å². The van der Waals surface area contributed by atoms with Crippen molar-refractivity contribution in [3.05, 3.63) is 99.7 Å². The summed E-state index contributed by atoms with van der Waals surface area (Å²) in [4.78, 5) is 52.9. The fraction of sp³-hybridized carbons (Fsp3) is 0.161. The molecule has 0 saturated heterocycles. The number of hydrogen-bond acceptors (Lipinski definition) is 6. The number of pyridine rings is 1. The van der Waals surface area contributed by atoms with Crippen LogP contribution < -0.4 is 10.6 Å². The van der Waals surface area contributed by atoms with Crippen LogP contribution in [0.1, 0.15) is 44.7 Å². The average molecular weight is 603 g/mol. The summed E-state index contributed by atoms with van der Waals surface area (Å²) in [6.07, 6.45) is 1.55. The van der Waals surface area contributed by atoms with Gasteiger partial charge in [0.15, 0.2) is 0 Å². The molecule has 0 radical (unpaired) electrons. The number of nitrogens with zero attached hydrogens (tertiary/aromatic N) is 2. The Bertz CT molecular complexity index is 1840. The Hall–Kier alpha value is -5.21. The highest BCUT2D eigenvalue weighted by atomic mass is 35.5. The zero-order valence-electron chi connectivity index (χ0n) is 22.2. The van der Waals surface area contributed by atoms with Crippen LogP contribution in [0.3, 0.4) is 0 Å². The molecule has 2 amide bonds. The first kappa shape index (κ1) is 29.3. The van der Waals surface area contributed by atoms with Crippen molar-refractivity contribution in [2.24, 2.45) is 0 Å². The quantitative estimate of drug-likeness (QED) is 0.267. The van der Waals surface area contributed by atoms with Gasteiger partial charge in [0.05, 0.1) is 17.1 Å². The van der Waals surface area contributed by atoms with Gasteiger partial charge in [-0.2, -0.15) is 5.26 Å². The van der Waals surface area contributed by atoms with Crippen LogP contribution in [0.4, 0.5) is 8.78 Å². The number of ketones is 1. The van der Waals surface area contributed by atoms with Gasteiger partial charge in [0.2, 0.25) is 0 Å². The molecule has 1 heterocycles. The van der Waals surface area contributed by atoms with Gasteiger partial charge in [0.25, 0.3) is 11.8 Å². The van der Waals surface area contributed by atoms with E-state index in [2.05, 4.69) is 15.6 Å². The summed E-state index contributed by atoms with van der Waals surface area (Å²) in [5.41, 5.74) is 1.14. The van der Waals surface area contributed by atoms with E-state index in [0.29, 0.717) is 50.3 Å². The second-order valence-corrected chi connectivity index (χ2v) is 10.4. The summed E-state index contributed by atoms with van der Waals surface area (Å²) < 4.78 is 29.7. The zero-order valence-corrected chi connectivity index (χ0v) is 22.9. The van der Waals surface area contributed by atoms with Gasteiger partial charge in [0, 0.05) is 58.6 Å². The van der Waals surface area contributed by atoms with Crippen molar-refractivity contribution in [2.45, 2.75) is 31.3 Å². The molecule has 5 rings (SSSR count). The standard InChI is InChI=1S/C31H21ClF2N4O5/c32-23-8-15(14-35)3-5-21(23)22-6-4-16(20-2-1-7-36-28(20)22)11-26(31(42)43)38-30(41)27-24(33)9-17(10-25(27)34)29(40)37-18-12-19(39)13-18/h1-10,18,26H,11-13H2,(H,37,40)(H,38,41)(H,42,43)/t26-/m0/s1. The van der Waals surface area contributed by atoms with E-state index in [4.69, 9.17) is 16.9 Å². The molecular weight excluding hydrogens is 582 g/mol. The second-order valence-electron chi connectivity index (χ2n) is 9.98. The fourth-order valence-corrected chi connectivity index (χ4v) is 5.14. The van der Waals surface area contributed by atoms with Crippen LogP contribution in [-0.2, 0) is 16.0 Å². The number of amides is 2. The van der Waals surface area contributed by atoms with E-state index in [0.717, 1.165) is 0 Å². The van der Waals surface area contributed by atoms with Crippen molar-refractivity contribution < 1.29 is 33.1 Å². The predicted molar refractivity (Wildman–Crippen MR) is 151 cm³/mol. The molecule has 1 fully saturated rings. The molecule has 1 atom stereocenters. The lowest BCUT2D eigenvalue weighted by atomic mass is 9.91. The average Bonchev–Trinajstić information content (AvgIpc) is 2.95. The number of aromatic nitrogens is 1. The molecule has 1 aliphatic rings. The molecule has 0 spiro atoms. The summed E-state index contributed by atoms with van der Waals surface area (Å²) >= 11 is 6.41. The molecular formula is C31H21ClF2N4O5. The molecule has 1 aliphatic carbocycles. The Kier molecular flexibility index (Phi) is 8.14. The maximum Gasteiger partial charge on any atom is 0.326 e. The molecule has 1 saturated carbocycles. The summed E-state index contributed by atoms with van der Waals surface area (Å²) in [5, 5.41) is 24.5. The maximum atomic E-state index is 14.9. The first-order valence-electron chi connectivity index (χ1n) is 13.0. The normalized spacial score (nSPS) is 13.6. The lowest BCUT2D eigenvalue weighted by Gasteiger charge is -2.25. The Labute approximate surface area is 248 Å². The van der Waals surface area contributed by atoms with Gasteiger partial charge >= 0.3 is 5.97 Å². The van der Waals surface area contributed by atoms with Crippen LogP contribution in [0.2, 0.25) is 5.02 Å². The highest BCUT2D eigenvalue weighted by molar-refractivity contribution is 6.33. The largest absolute Gasteiger partial charge is 0.480 e. The number of fused-ring (bicyclic) bond motifs is 1. The van der Waals surface area contributed by atoms with Crippen LogP contribution in [0.5, 0.6) is 0 Å². The number of carboxylic acid groups (broad SMARTS) is 1. The van der Waals surface area contributed by atoms with Crippen molar-refractivity contribution >= 4 is 46.1 Å². The van der Waals surface area contributed by atoms with Gasteiger partial charge in [-0.15, -0.1) is 0 Å². The van der Waals surface area contributed by atoms with E-state index in [9.17, 15) is 33.1 Å². The topological polar surface area (TPSA) is 149 Å². The third kappa shape index (κ3) is 6.05. The van der Waals surface area contributed by atoms with E-state index in [1.54, 1.807) is 42.6 Å². The van der Waals surface area contributed by atoms with Crippen molar-refractivity contribution in [3.63, 3.8) is 0 Å².